The number of hydrogen-bond acceptors (Lipinski definition) is 5. The maximum absolute atomic E-state index is 9.83. The van der Waals surface area contributed by atoms with Crippen LogP contribution in [0.2, 0.25) is 0 Å². The number of para-hydroxylation sites is 1. The molecular weight excluding hydrogens is 635 g/mol. The van der Waals surface area contributed by atoms with Gasteiger partial charge in [0, 0.05) is 38.4 Å². The molecule has 240 valence electrons. The van der Waals surface area contributed by atoms with E-state index in [1.807, 2.05) is 103 Å². The van der Waals surface area contributed by atoms with Crippen LogP contribution < -0.4 is 0 Å². The Kier molecular flexibility index (Phi) is 7.51. The Hall–Kier alpha value is -7.47. The van der Waals surface area contributed by atoms with E-state index in [1.54, 1.807) is 6.07 Å². The minimum Gasteiger partial charge on any atom is -0.247 e. The molecule has 0 spiro atoms. The molecule has 2 heterocycles. The molecule has 9 aromatic rings. The van der Waals surface area contributed by atoms with Gasteiger partial charge >= 0.3 is 0 Å². The Bertz CT molecular complexity index is 2870. The van der Waals surface area contributed by atoms with E-state index in [1.165, 1.54) is 0 Å². The van der Waals surface area contributed by atoms with Gasteiger partial charge in [-0.25, -0.2) is 15.0 Å². The van der Waals surface area contributed by atoms with E-state index < -0.39 is 0 Å². The van der Waals surface area contributed by atoms with E-state index in [0.717, 1.165) is 88.7 Å². The van der Waals surface area contributed by atoms with Crippen LogP contribution in [0, 0.1) is 22.7 Å². The Balaban J connectivity index is 1.47. The predicted octanol–water partition coefficient (Wildman–Crippen LogP) is 11.4. The number of nitrogens with zero attached hydrogens (tertiary/aromatic N) is 5. The molecule has 0 atom stereocenters. The summed E-state index contributed by atoms with van der Waals surface area (Å²) in [4.78, 5) is 16.5. The van der Waals surface area contributed by atoms with Gasteiger partial charge in [0.2, 0.25) is 0 Å². The molecule has 0 fully saturated rings. The molecule has 9 rings (SSSR count). The van der Waals surface area contributed by atoms with Crippen LogP contribution in [0.4, 0.5) is 0 Å². The Morgan fingerprint density at radius 3 is 1.50 bits per heavy atom. The Labute approximate surface area is 300 Å². The highest BCUT2D eigenvalue weighted by molar-refractivity contribution is 6.24. The summed E-state index contributed by atoms with van der Waals surface area (Å²) in [6, 6.07) is 58.9. The molecule has 0 aliphatic heterocycles. The summed E-state index contributed by atoms with van der Waals surface area (Å²) in [6.45, 7) is 0. The van der Waals surface area contributed by atoms with Crippen molar-refractivity contribution in [3.05, 3.63) is 175 Å². The van der Waals surface area contributed by atoms with Gasteiger partial charge in [-0.1, -0.05) is 133 Å². The summed E-state index contributed by atoms with van der Waals surface area (Å²) >= 11 is 0. The second-order valence-corrected chi connectivity index (χ2v) is 12.6. The van der Waals surface area contributed by atoms with Gasteiger partial charge in [-0.15, -0.1) is 0 Å². The zero-order valence-corrected chi connectivity index (χ0v) is 27.8. The van der Waals surface area contributed by atoms with Gasteiger partial charge in [-0.2, -0.15) is 10.5 Å². The Morgan fingerprint density at radius 2 is 0.885 bits per heavy atom. The molecule has 0 aliphatic rings. The van der Waals surface area contributed by atoms with Gasteiger partial charge in [0.15, 0.2) is 0 Å². The number of benzene rings is 7. The van der Waals surface area contributed by atoms with Crippen LogP contribution in [0.25, 0.3) is 88.7 Å². The minimum atomic E-state index is 0.426. The number of nitriles is 2. The summed E-state index contributed by atoms with van der Waals surface area (Å²) < 4.78 is 0. The van der Waals surface area contributed by atoms with Crippen molar-refractivity contribution in [1.82, 2.24) is 15.0 Å². The van der Waals surface area contributed by atoms with Gasteiger partial charge in [0.05, 0.1) is 56.9 Å². The van der Waals surface area contributed by atoms with Crippen molar-refractivity contribution < 1.29 is 0 Å². The van der Waals surface area contributed by atoms with Crippen molar-refractivity contribution in [1.29, 1.82) is 10.5 Å². The predicted molar refractivity (Wildman–Crippen MR) is 209 cm³/mol. The second-order valence-electron chi connectivity index (χ2n) is 12.6. The summed E-state index contributed by atoms with van der Waals surface area (Å²) in [5, 5.41) is 22.5. The van der Waals surface area contributed by atoms with Gasteiger partial charge in [0.1, 0.15) is 0 Å². The van der Waals surface area contributed by atoms with E-state index >= 15 is 0 Å². The summed E-state index contributed by atoms with van der Waals surface area (Å²) in [5.41, 5.74) is 12.1. The average molecular weight is 662 g/mol. The van der Waals surface area contributed by atoms with Crippen LogP contribution in [-0.2, 0) is 0 Å². The summed E-state index contributed by atoms with van der Waals surface area (Å²) in [6.07, 6.45) is 0. The van der Waals surface area contributed by atoms with Gasteiger partial charge in [-0.3, -0.25) is 0 Å². The fourth-order valence-electron chi connectivity index (χ4n) is 7.12. The van der Waals surface area contributed by atoms with Crippen LogP contribution in [0.15, 0.2) is 164 Å². The third-order valence-corrected chi connectivity index (χ3v) is 9.47. The lowest BCUT2D eigenvalue weighted by Gasteiger charge is -2.19. The fraction of sp³-hybridized carbons (Fsp3) is 0. The van der Waals surface area contributed by atoms with Crippen LogP contribution in [0.5, 0.6) is 0 Å². The van der Waals surface area contributed by atoms with Crippen LogP contribution in [0.3, 0.4) is 0 Å². The molecule has 0 amide bonds. The summed E-state index contributed by atoms with van der Waals surface area (Å²) in [7, 11) is 0. The Morgan fingerprint density at radius 1 is 0.365 bits per heavy atom. The second kappa shape index (κ2) is 12.8. The number of fused-ring (bicyclic) bond motifs is 5. The first-order valence-electron chi connectivity index (χ1n) is 17.0. The minimum absolute atomic E-state index is 0.426. The quantitative estimate of drug-likeness (QED) is 0.171. The SMILES string of the molecule is N#Cc1cc(C#N)cc(-c2ccccc2-c2nc3ccccc3c3c2cc(-c2ccccc2)c2nc(-c4ccccc4)c(-c4ccccc4)nc23)c1. The van der Waals surface area contributed by atoms with Crippen molar-refractivity contribution in [3.8, 4) is 68.2 Å². The lowest BCUT2D eigenvalue weighted by atomic mass is 9.90. The smallest absolute Gasteiger partial charge is 0.0992 e. The maximum atomic E-state index is 9.83. The van der Waals surface area contributed by atoms with Crippen molar-refractivity contribution in [2.45, 2.75) is 0 Å². The van der Waals surface area contributed by atoms with E-state index in [-0.39, 0.29) is 0 Å². The zero-order chi connectivity index (χ0) is 35.0. The first-order chi connectivity index (χ1) is 25.7. The van der Waals surface area contributed by atoms with Gasteiger partial charge < -0.3 is 0 Å². The van der Waals surface area contributed by atoms with E-state index in [2.05, 4.69) is 66.7 Å². The third kappa shape index (κ3) is 5.22. The van der Waals surface area contributed by atoms with E-state index in [9.17, 15) is 10.5 Å². The largest absolute Gasteiger partial charge is 0.247 e. The first-order valence-corrected chi connectivity index (χ1v) is 17.0. The van der Waals surface area contributed by atoms with Crippen LogP contribution >= 0.6 is 0 Å². The molecule has 5 nitrogen and oxygen atoms in total. The molecule has 0 unspecified atom stereocenters. The highest BCUT2D eigenvalue weighted by atomic mass is 14.8. The third-order valence-electron chi connectivity index (χ3n) is 9.47. The van der Waals surface area contributed by atoms with Crippen molar-refractivity contribution in [2.24, 2.45) is 0 Å². The topological polar surface area (TPSA) is 86.2 Å². The molecule has 0 radical (unpaired) electrons. The fourth-order valence-corrected chi connectivity index (χ4v) is 7.12. The van der Waals surface area contributed by atoms with E-state index in [0.29, 0.717) is 11.1 Å². The van der Waals surface area contributed by atoms with Crippen molar-refractivity contribution >= 4 is 32.7 Å². The molecular formula is C47H27N5. The normalized spacial score (nSPS) is 11.0. The molecule has 0 saturated carbocycles. The molecule has 5 heteroatoms. The molecule has 0 bridgehead atoms. The summed E-state index contributed by atoms with van der Waals surface area (Å²) in [5.74, 6) is 0. The highest BCUT2D eigenvalue weighted by Crippen LogP contribution is 2.44. The van der Waals surface area contributed by atoms with Gasteiger partial charge in [0.25, 0.3) is 0 Å². The van der Waals surface area contributed by atoms with E-state index in [4.69, 9.17) is 15.0 Å². The molecule has 2 aromatic heterocycles. The highest BCUT2D eigenvalue weighted by Gasteiger charge is 2.23. The van der Waals surface area contributed by atoms with Crippen LogP contribution in [0.1, 0.15) is 11.1 Å². The number of hydrogen-bond donors (Lipinski definition) is 0. The molecule has 52 heavy (non-hydrogen) atoms. The average Bonchev–Trinajstić information content (AvgIpc) is 3.23. The standard InChI is InChI=1S/C47H27N5/c48-28-30-24-31(29-49)26-35(25-30)36-20-10-11-21-37(36)45-40-27-39(32-14-4-1-5-15-32)46-47(42(40)38-22-12-13-23-41(38)50-45)52-44(34-18-8-3-9-19-34)43(51-46)33-16-6-2-7-17-33/h1-27H. The van der Waals surface area contributed by atoms with Crippen LogP contribution in [-0.4, -0.2) is 15.0 Å². The monoisotopic (exact) mass is 661 g/mol. The molecule has 0 N–H and O–H groups in total. The maximum Gasteiger partial charge on any atom is 0.0992 e. The number of pyridine rings is 1. The molecule has 0 saturated heterocycles. The van der Waals surface area contributed by atoms with Crippen molar-refractivity contribution in [3.63, 3.8) is 0 Å². The number of aromatic nitrogens is 3. The lowest BCUT2D eigenvalue weighted by molar-refractivity contribution is 1.30. The first kappa shape index (κ1) is 30.6. The lowest BCUT2D eigenvalue weighted by Crippen LogP contribution is -2.00. The van der Waals surface area contributed by atoms with Crippen molar-refractivity contribution in [2.75, 3.05) is 0 Å². The zero-order valence-electron chi connectivity index (χ0n) is 27.8. The molecule has 0 aliphatic carbocycles. The molecule has 7 aromatic carbocycles. The number of rotatable bonds is 5. The van der Waals surface area contributed by atoms with Gasteiger partial charge in [-0.05, 0) is 47.0 Å².